The maximum Gasteiger partial charge on any atom is 0.261 e. The van der Waals surface area contributed by atoms with Gasteiger partial charge in [-0.15, -0.1) is 0 Å². The van der Waals surface area contributed by atoms with Gasteiger partial charge in [-0.1, -0.05) is 53.5 Å². The van der Waals surface area contributed by atoms with Gasteiger partial charge in [0.05, 0.1) is 6.54 Å². The Morgan fingerprint density at radius 3 is 2.11 bits per heavy atom. The summed E-state index contributed by atoms with van der Waals surface area (Å²) in [5.41, 5.74) is 1.98. The van der Waals surface area contributed by atoms with Gasteiger partial charge in [0.15, 0.2) is 0 Å². The zero-order valence-electron chi connectivity index (χ0n) is 19.7. The molecule has 9 heteroatoms. The fourth-order valence-corrected chi connectivity index (χ4v) is 5.29. The largest absolute Gasteiger partial charge is 0.351 e. The van der Waals surface area contributed by atoms with Gasteiger partial charge in [-0.25, -0.2) is 0 Å². The van der Waals surface area contributed by atoms with Crippen LogP contribution >= 0.6 is 23.2 Å². The topological polar surface area (TPSA) is 73.0 Å². The molecule has 1 N–H and O–H groups in total. The van der Waals surface area contributed by atoms with E-state index in [4.69, 9.17) is 23.2 Å². The Hall–Kier alpha value is -2.97. The summed E-state index contributed by atoms with van der Waals surface area (Å²) < 4.78 is 0. The Balaban J connectivity index is 1.10. The lowest BCUT2D eigenvalue weighted by Crippen LogP contribution is -2.52. The number of hydrogen-bond acceptors (Lipinski definition) is 5. The number of carbonyl (C=O) groups is 3. The first kappa shape index (κ1) is 24.7. The molecule has 2 aliphatic heterocycles. The van der Waals surface area contributed by atoms with Gasteiger partial charge in [0, 0.05) is 72.4 Å². The molecule has 0 unspecified atom stereocenters. The molecule has 0 bridgehead atoms. The van der Waals surface area contributed by atoms with E-state index in [0.29, 0.717) is 47.4 Å². The summed E-state index contributed by atoms with van der Waals surface area (Å²) in [4.78, 5) is 44.3. The average molecular weight is 525 g/mol. The van der Waals surface area contributed by atoms with Crippen LogP contribution in [0.5, 0.6) is 0 Å². The van der Waals surface area contributed by atoms with Crippen molar-refractivity contribution in [3.8, 4) is 0 Å². The summed E-state index contributed by atoms with van der Waals surface area (Å²) >= 11 is 12.1. The van der Waals surface area contributed by atoms with Crippen molar-refractivity contribution in [3.05, 3.63) is 81.3 Å². The van der Waals surface area contributed by atoms with Crippen LogP contribution in [-0.2, 0) is 11.3 Å². The second-order valence-electron chi connectivity index (χ2n) is 9.10. The van der Waals surface area contributed by atoms with Crippen LogP contribution in [-0.4, -0.2) is 78.2 Å². The molecule has 7 nitrogen and oxygen atoms in total. The fraction of sp³-hybridized carbons (Fsp3) is 0.296. The predicted molar refractivity (Wildman–Crippen MR) is 141 cm³/mol. The Kier molecular flexibility index (Phi) is 7.25. The van der Waals surface area contributed by atoms with Crippen molar-refractivity contribution < 1.29 is 14.4 Å². The van der Waals surface area contributed by atoms with Crippen molar-refractivity contribution in [3.63, 3.8) is 0 Å². The van der Waals surface area contributed by atoms with E-state index in [0.717, 1.165) is 42.5 Å². The standard InChI is InChI=1S/C27H26Cl2N4O3/c28-20-8-7-19(23(29)15-20)16-30-24(34)17-32-11-9-31(10-12-32)13-14-33-26(35)21-5-1-3-18-4-2-6-22(25(18)21)27(33)36/h1-8,15H,9-14,16-17H2,(H,30,34). The summed E-state index contributed by atoms with van der Waals surface area (Å²) in [6.45, 7) is 4.59. The third-order valence-corrected chi connectivity index (χ3v) is 7.41. The fourth-order valence-electron chi connectivity index (χ4n) is 4.81. The van der Waals surface area contributed by atoms with Crippen LogP contribution in [0, 0.1) is 0 Å². The minimum atomic E-state index is -0.236. The number of nitrogens with one attached hydrogen (secondary N) is 1. The summed E-state index contributed by atoms with van der Waals surface area (Å²) in [7, 11) is 0. The van der Waals surface area contributed by atoms with Gasteiger partial charge in [0.25, 0.3) is 11.8 Å². The minimum Gasteiger partial charge on any atom is -0.351 e. The van der Waals surface area contributed by atoms with Gasteiger partial charge in [-0.3, -0.25) is 29.1 Å². The number of benzene rings is 3. The van der Waals surface area contributed by atoms with Crippen molar-refractivity contribution in [2.24, 2.45) is 0 Å². The number of halogens is 2. The van der Waals surface area contributed by atoms with Crippen molar-refractivity contribution in [2.75, 3.05) is 45.8 Å². The Morgan fingerprint density at radius 1 is 0.833 bits per heavy atom. The highest BCUT2D eigenvalue weighted by atomic mass is 35.5. The molecule has 2 heterocycles. The van der Waals surface area contributed by atoms with Crippen molar-refractivity contribution >= 4 is 51.7 Å². The Labute approximate surface area is 219 Å². The maximum absolute atomic E-state index is 13.1. The highest BCUT2D eigenvalue weighted by Crippen LogP contribution is 2.29. The monoisotopic (exact) mass is 524 g/mol. The molecule has 1 fully saturated rings. The number of nitrogens with zero attached hydrogens (tertiary/aromatic N) is 3. The van der Waals surface area contributed by atoms with Crippen LogP contribution in [0.4, 0.5) is 0 Å². The predicted octanol–water partition coefficient (Wildman–Crippen LogP) is 3.68. The first-order valence-electron chi connectivity index (χ1n) is 11.9. The molecule has 0 atom stereocenters. The molecular weight excluding hydrogens is 499 g/mol. The Morgan fingerprint density at radius 2 is 1.47 bits per heavy atom. The molecule has 0 radical (unpaired) electrons. The first-order valence-corrected chi connectivity index (χ1v) is 12.7. The summed E-state index contributed by atoms with van der Waals surface area (Å²) in [5.74, 6) is -0.535. The van der Waals surface area contributed by atoms with Crippen LogP contribution in [0.25, 0.3) is 10.8 Å². The summed E-state index contributed by atoms with van der Waals surface area (Å²) in [6, 6.07) is 16.3. The molecule has 2 aliphatic rings. The summed E-state index contributed by atoms with van der Waals surface area (Å²) in [5, 5.41) is 5.65. The highest BCUT2D eigenvalue weighted by molar-refractivity contribution is 6.35. The van der Waals surface area contributed by atoms with E-state index >= 15 is 0 Å². The van der Waals surface area contributed by atoms with E-state index in [1.54, 1.807) is 30.3 Å². The average Bonchev–Trinajstić information content (AvgIpc) is 2.87. The molecule has 1 saturated heterocycles. The van der Waals surface area contributed by atoms with Crippen molar-refractivity contribution in [2.45, 2.75) is 6.54 Å². The van der Waals surface area contributed by atoms with E-state index in [-0.39, 0.29) is 17.7 Å². The summed E-state index contributed by atoms with van der Waals surface area (Å²) in [6.07, 6.45) is 0. The molecule has 3 aromatic rings. The molecule has 3 amide bonds. The zero-order valence-corrected chi connectivity index (χ0v) is 21.2. The van der Waals surface area contributed by atoms with Gasteiger partial charge >= 0.3 is 0 Å². The quantitative estimate of drug-likeness (QED) is 0.477. The smallest absolute Gasteiger partial charge is 0.261 e. The van der Waals surface area contributed by atoms with E-state index in [1.807, 2.05) is 24.3 Å². The molecule has 0 saturated carbocycles. The van der Waals surface area contributed by atoms with E-state index < -0.39 is 0 Å². The number of carbonyl (C=O) groups excluding carboxylic acids is 3. The molecule has 0 aromatic heterocycles. The minimum absolute atomic E-state index is 0.0631. The van der Waals surface area contributed by atoms with Crippen LogP contribution in [0.1, 0.15) is 26.3 Å². The number of rotatable bonds is 7. The van der Waals surface area contributed by atoms with E-state index in [1.165, 1.54) is 4.90 Å². The second-order valence-corrected chi connectivity index (χ2v) is 9.95. The van der Waals surface area contributed by atoms with Gasteiger partial charge in [0.1, 0.15) is 0 Å². The van der Waals surface area contributed by atoms with Crippen LogP contribution in [0.15, 0.2) is 54.6 Å². The van der Waals surface area contributed by atoms with Crippen LogP contribution in [0.2, 0.25) is 10.0 Å². The lowest BCUT2D eigenvalue weighted by molar-refractivity contribution is -0.122. The van der Waals surface area contributed by atoms with Crippen LogP contribution in [0.3, 0.4) is 0 Å². The van der Waals surface area contributed by atoms with E-state index in [9.17, 15) is 14.4 Å². The third-order valence-electron chi connectivity index (χ3n) is 6.82. The molecule has 5 rings (SSSR count). The molecule has 36 heavy (non-hydrogen) atoms. The maximum atomic E-state index is 13.1. The zero-order chi connectivity index (χ0) is 25.2. The first-order chi connectivity index (χ1) is 17.4. The van der Waals surface area contributed by atoms with Gasteiger partial charge in [-0.05, 0) is 35.2 Å². The number of amides is 3. The lowest BCUT2D eigenvalue weighted by Gasteiger charge is -2.35. The van der Waals surface area contributed by atoms with Crippen LogP contribution < -0.4 is 5.32 Å². The molecular formula is C27H26Cl2N4O3. The molecule has 3 aromatic carbocycles. The number of hydrogen-bond donors (Lipinski definition) is 1. The lowest BCUT2D eigenvalue weighted by atomic mass is 9.94. The molecule has 0 aliphatic carbocycles. The second kappa shape index (κ2) is 10.6. The Bertz CT molecular complexity index is 1290. The SMILES string of the molecule is O=C(CN1CCN(CCN2C(=O)c3cccc4cccc(c34)C2=O)CC1)NCc1ccc(Cl)cc1Cl. The molecule has 0 spiro atoms. The van der Waals surface area contributed by atoms with Crippen molar-refractivity contribution in [1.82, 2.24) is 20.0 Å². The van der Waals surface area contributed by atoms with Gasteiger partial charge in [0.2, 0.25) is 5.91 Å². The third kappa shape index (κ3) is 5.11. The van der Waals surface area contributed by atoms with Gasteiger partial charge < -0.3 is 5.32 Å². The van der Waals surface area contributed by atoms with Crippen molar-refractivity contribution in [1.29, 1.82) is 0 Å². The highest BCUT2D eigenvalue weighted by Gasteiger charge is 2.33. The van der Waals surface area contributed by atoms with E-state index in [2.05, 4.69) is 15.1 Å². The van der Waals surface area contributed by atoms with Gasteiger partial charge in [-0.2, -0.15) is 0 Å². The normalized spacial score (nSPS) is 16.6. The number of piperazine rings is 1. The number of imide groups is 1. The molecule has 186 valence electrons.